The van der Waals surface area contributed by atoms with E-state index in [2.05, 4.69) is 0 Å². The first kappa shape index (κ1) is 9.75. The molecule has 0 fully saturated rings. The highest BCUT2D eigenvalue weighted by Crippen LogP contribution is 2.33. The maximum absolute atomic E-state index is 12.0. The molecule has 0 aromatic heterocycles. The van der Waals surface area contributed by atoms with Crippen LogP contribution in [0.4, 0.5) is 13.2 Å². The molecule has 0 aliphatic carbocycles. The number of hydrogen-bond acceptors (Lipinski definition) is 1. The summed E-state index contributed by atoms with van der Waals surface area (Å²) < 4.78 is 35.9. The van der Waals surface area contributed by atoms with E-state index >= 15 is 0 Å². The average Bonchev–Trinajstić information content (AvgIpc) is 1.62. The maximum atomic E-state index is 12.0. The Kier molecular flexibility index (Phi) is 2.36. The van der Waals surface area contributed by atoms with Crippen molar-refractivity contribution in [1.29, 1.82) is 0 Å². The van der Waals surface area contributed by atoms with Gasteiger partial charge in [0.05, 0.1) is 0 Å². The molecule has 0 radical (unpaired) electrons. The Labute approximate surface area is 58.4 Å². The standard InChI is InChI=1S/C6H12F3N/c1-4(2)5(3,10)6(7,8)9/h4H,10H2,1-3H3. The first-order chi connectivity index (χ1) is 4.19. The van der Waals surface area contributed by atoms with E-state index < -0.39 is 17.6 Å². The zero-order valence-corrected chi connectivity index (χ0v) is 6.29. The fraction of sp³-hybridized carbons (Fsp3) is 1.00. The third-order valence-corrected chi connectivity index (χ3v) is 1.81. The van der Waals surface area contributed by atoms with Crippen molar-refractivity contribution >= 4 is 0 Å². The van der Waals surface area contributed by atoms with Crippen molar-refractivity contribution in [2.24, 2.45) is 11.7 Å². The number of rotatable bonds is 1. The fourth-order valence-electron chi connectivity index (χ4n) is 0.327. The molecule has 4 heteroatoms. The van der Waals surface area contributed by atoms with Gasteiger partial charge in [0.2, 0.25) is 0 Å². The van der Waals surface area contributed by atoms with E-state index in [1.165, 1.54) is 13.8 Å². The molecule has 1 unspecified atom stereocenters. The molecule has 0 spiro atoms. The fourth-order valence-corrected chi connectivity index (χ4v) is 0.327. The van der Waals surface area contributed by atoms with E-state index in [1.807, 2.05) is 0 Å². The van der Waals surface area contributed by atoms with Crippen LogP contribution in [0.25, 0.3) is 0 Å². The molecule has 0 amide bonds. The van der Waals surface area contributed by atoms with Crippen LogP contribution < -0.4 is 5.73 Å². The summed E-state index contributed by atoms with van der Waals surface area (Å²) in [6, 6.07) is 0. The lowest BCUT2D eigenvalue weighted by atomic mass is 9.89. The summed E-state index contributed by atoms with van der Waals surface area (Å²) in [6.45, 7) is 3.90. The minimum Gasteiger partial charge on any atom is -0.318 e. The lowest BCUT2D eigenvalue weighted by Crippen LogP contribution is -2.54. The van der Waals surface area contributed by atoms with Crippen LogP contribution in [0.1, 0.15) is 20.8 Å². The van der Waals surface area contributed by atoms with Crippen molar-refractivity contribution < 1.29 is 13.2 Å². The molecular formula is C6H12F3N. The Morgan fingerprint density at radius 1 is 1.20 bits per heavy atom. The van der Waals surface area contributed by atoms with Gasteiger partial charge in [-0.1, -0.05) is 13.8 Å². The van der Waals surface area contributed by atoms with Gasteiger partial charge in [-0.25, -0.2) is 0 Å². The number of nitrogens with two attached hydrogens (primary N) is 1. The predicted molar refractivity (Wildman–Crippen MR) is 33.5 cm³/mol. The van der Waals surface area contributed by atoms with Crippen molar-refractivity contribution in [3.8, 4) is 0 Å². The van der Waals surface area contributed by atoms with Gasteiger partial charge < -0.3 is 5.73 Å². The highest BCUT2D eigenvalue weighted by atomic mass is 19.4. The van der Waals surface area contributed by atoms with E-state index in [9.17, 15) is 13.2 Å². The van der Waals surface area contributed by atoms with Crippen molar-refractivity contribution in [3.05, 3.63) is 0 Å². The lowest BCUT2D eigenvalue weighted by Gasteiger charge is -2.31. The molecule has 1 atom stereocenters. The number of halogens is 3. The third kappa shape index (κ3) is 1.62. The van der Waals surface area contributed by atoms with Gasteiger partial charge in [-0.3, -0.25) is 0 Å². The van der Waals surface area contributed by atoms with Gasteiger partial charge in [0.25, 0.3) is 0 Å². The van der Waals surface area contributed by atoms with Gasteiger partial charge in [-0.05, 0) is 12.8 Å². The normalized spacial score (nSPS) is 19.2. The van der Waals surface area contributed by atoms with Gasteiger partial charge in [0.1, 0.15) is 5.54 Å². The van der Waals surface area contributed by atoms with Crippen LogP contribution in [-0.2, 0) is 0 Å². The van der Waals surface area contributed by atoms with Gasteiger partial charge >= 0.3 is 6.18 Å². The van der Waals surface area contributed by atoms with Gasteiger partial charge in [-0.15, -0.1) is 0 Å². The highest BCUT2D eigenvalue weighted by molar-refractivity contribution is 4.89. The first-order valence-electron chi connectivity index (χ1n) is 3.05. The van der Waals surface area contributed by atoms with Crippen LogP contribution in [0.5, 0.6) is 0 Å². The van der Waals surface area contributed by atoms with Crippen LogP contribution in [0.3, 0.4) is 0 Å². The second-order valence-corrected chi connectivity index (χ2v) is 2.94. The molecular weight excluding hydrogens is 143 g/mol. The van der Waals surface area contributed by atoms with E-state index in [0.29, 0.717) is 0 Å². The molecule has 0 bridgehead atoms. The molecule has 0 saturated heterocycles. The molecule has 0 aromatic rings. The first-order valence-corrected chi connectivity index (χ1v) is 3.05. The zero-order valence-electron chi connectivity index (χ0n) is 6.29. The van der Waals surface area contributed by atoms with Crippen molar-refractivity contribution in [3.63, 3.8) is 0 Å². The van der Waals surface area contributed by atoms with Crippen molar-refractivity contribution in [1.82, 2.24) is 0 Å². The van der Waals surface area contributed by atoms with E-state index in [1.54, 1.807) is 0 Å². The van der Waals surface area contributed by atoms with Crippen LogP contribution in [-0.4, -0.2) is 11.7 Å². The molecule has 0 rings (SSSR count). The molecule has 0 aliphatic heterocycles. The summed E-state index contributed by atoms with van der Waals surface area (Å²) in [4.78, 5) is 0. The van der Waals surface area contributed by atoms with Crippen LogP contribution in [0.15, 0.2) is 0 Å². The zero-order chi connectivity index (χ0) is 8.58. The smallest absolute Gasteiger partial charge is 0.318 e. The summed E-state index contributed by atoms with van der Waals surface area (Å²) in [5.74, 6) is -0.590. The average molecular weight is 155 g/mol. The Hall–Kier alpha value is -0.250. The summed E-state index contributed by atoms with van der Waals surface area (Å²) in [5.41, 5.74) is 2.95. The quantitative estimate of drug-likeness (QED) is 0.615. The summed E-state index contributed by atoms with van der Waals surface area (Å²) in [6.07, 6.45) is -4.30. The number of hydrogen-bond donors (Lipinski definition) is 1. The van der Waals surface area contributed by atoms with Crippen LogP contribution >= 0.6 is 0 Å². The lowest BCUT2D eigenvalue weighted by molar-refractivity contribution is -0.192. The van der Waals surface area contributed by atoms with Crippen molar-refractivity contribution in [2.45, 2.75) is 32.5 Å². The predicted octanol–water partition coefficient (Wildman–Crippen LogP) is 1.92. The Morgan fingerprint density at radius 3 is 1.50 bits per heavy atom. The van der Waals surface area contributed by atoms with Gasteiger partial charge in [-0.2, -0.15) is 13.2 Å². The molecule has 1 nitrogen and oxygen atoms in total. The Balaban J connectivity index is 4.40. The van der Waals surface area contributed by atoms with Crippen LogP contribution in [0.2, 0.25) is 0 Å². The number of alkyl halides is 3. The molecule has 2 N–H and O–H groups in total. The minimum absolute atomic E-state index is 0.590. The second-order valence-electron chi connectivity index (χ2n) is 2.94. The summed E-state index contributed by atoms with van der Waals surface area (Å²) in [5, 5.41) is 0. The van der Waals surface area contributed by atoms with E-state index in [4.69, 9.17) is 5.73 Å². The Morgan fingerprint density at radius 2 is 1.50 bits per heavy atom. The largest absolute Gasteiger partial charge is 0.406 e. The molecule has 0 heterocycles. The molecule has 0 aromatic carbocycles. The minimum atomic E-state index is -4.30. The van der Waals surface area contributed by atoms with Gasteiger partial charge in [0, 0.05) is 0 Å². The molecule has 0 aliphatic rings. The molecule has 62 valence electrons. The maximum Gasteiger partial charge on any atom is 0.406 e. The second kappa shape index (κ2) is 2.42. The summed E-state index contributed by atoms with van der Waals surface area (Å²) in [7, 11) is 0. The van der Waals surface area contributed by atoms with Crippen LogP contribution in [0, 0.1) is 5.92 Å². The van der Waals surface area contributed by atoms with E-state index in [0.717, 1.165) is 6.92 Å². The topological polar surface area (TPSA) is 26.0 Å². The molecule has 0 saturated carbocycles. The monoisotopic (exact) mass is 155 g/mol. The summed E-state index contributed by atoms with van der Waals surface area (Å²) >= 11 is 0. The highest BCUT2D eigenvalue weighted by Gasteiger charge is 2.49. The van der Waals surface area contributed by atoms with E-state index in [-0.39, 0.29) is 0 Å². The Bertz CT molecular complexity index is 115. The molecule has 10 heavy (non-hydrogen) atoms. The SMILES string of the molecule is CC(C)C(C)(N)C(F)(F)F. The van der Waals surface area contributed by atoms with Crippen molar-refractivity contribution in [2.75, 3.05) is 0 Å². The third-order valence-electron chi connectivity index (χ3n) is 1.81. The van der Waals surface area contributed by atoms with Gasteiger partial charge in [0.15, 0.2) is 0 Å².